The molecule has 1 aromatic heterocycles. The molecular weight excluding hydrogens is 588 g/mol. The second-order valence-corrected chi connectivity index (χ2v) is 9.68. The molecule has 0 fully saturated rings. The number of esters is 3. The van der Waals surface area contributed by atoms with E-state index < -0.39 is 35.7 Å². The van der Waals surface area contributed by atoms with Crippen LogP contribution in [0.1, 0.15) is 38.0 Å². The van der Waals surface area contributed by atoms with Crippen LogP contribution in [0.2, 0.25) is 0 Å². The van der Waals surface area contributed by atoms with Gasteiger partial charge in [-0.1, -0.05) is 30.3 Å². The average Bonchev–Trinajstić information content (AvgIpc) is 3.01. The molecule has 4 rings (SSSR count). The van der Waals surface area contributed by atoms with Crippen LogP contribution in [-0.2, 0) is 30.5 Å². The highest BCUT2D eigenvalue weighted by atomic mass is 16.6. The first kappa shape index (κ1) is 32.4. The zero-order valence-electron chi connectivity index (χ0n) is 25.3. The Morgan fingerprint density at radius 1 is 0.778 bits per heavy atom. The molecule has 0 aliphatic rings. The van der Waals surface area contributed by atoms with Crippen molar-refractivity contribution in [2.24, 2.45) is 0 Å². The van der Waals surface area contributed by atoms with Gasteiger partial charge in [-0.25, -0.2) is 4.79 Å². The third-order valence-corrected chi connectivity index (χ3v) is 6.35. The van der Waals surface area contributed by atoms with E-state index in [1.807, 2.05) is 30.3 Å². The Morgan fingerprint density at radius 2 is 1.44 bits per heavy atom. The van der Waals surface area contributed by atoms with E-state index in [1.54, 1.807) is 18.2 Å². The molecule has 0 saturated carbocycles. The number of methoxy groups -OCH3 is 2. The third kappa shape index (κ3) is 8.31. The summed E-state index contributed by atoms with van der Waals surface area (Å²) in [6.45, 7) is 3.37. The molecule has 12 nitrogen and oxygen atoms in total. The van der Waals surface area contributed by atoms with Crippen LogP contribution < -0.4 is 29.3 Å². The Bertz CT molecular complexity index is 1700. The van der Waals surface area contributed by atoms with Crippen LogP contribution in [0.4, 0.5) is 0 Å². The topological polar surface area (TPSA) is 146 Å². The van der Waals surface area contributed by atoms with Crippen LogP contribution >= 0.6 is 0 Å². The molecule has 4 aromatic rings. The lowest BCUT2D eigenvalue weighted by Gasteiger charge is -2.29. The maximum atomic E-state index is 12.4. The maximum absolute atomic E-state index is 12.4. The van der Waals surface area contributed by atoms with Gasteiger partial charge >= 0.3 is 23.5 Å². The highest BCUT2D eigenvalue weighted by Gasteiger charge is 2.33. The smallest absolute Gasteiger partial charge is 0.336 e. The van der Waals surface area contributed by atoms with Crippen LogP contribution in [0, 0.1) is 0 Å². The monoisotopic (exact) mass is 620 g/mol. The van der Waals surface area contributed by atoms with E-state index in [-0.39, 0.29) is 47.5 Å². The predicted octanol–water partition coefficient (Wildman–Crippen LogP) is 4.93. The van der Waals surface area contributed by atoms with E-state index >= 15 is 0 Å². The number of hydrogen-bond acceptors (Lipinski definition) is 12. The lowest BCUT2D eigenvalue weighted by Crippen LogP contribution is -2.34. The highest BCUT2D eigenvalue weighted by Crippen LogP contribution is 2.43. The molecular formula is C33H32O12. The van der Waals surface area contributed by atoms with Crippen molar-refractivity contribution in [1.82, 2.24) is 0 Å². The molecule has 0 aliphatic carbocycles. The van der Waals surface area contributed by atoms with Crippen molar-refractivity contribution in [2.75, 3.05) is 20.8 Å². The van der Waals surface area contributed by atoms with Crippen molar-refractivity contribution in [2.45, 2.75) is 39.6 Å². The van der Waals surface area contributed by atoms with Gasteiger partial charge in [0.15, 0.2) is 35.0 Å². The zero-order valence-corrected chi connectivity index (χ0v) is 25.3. The Hall–Kier alpha value is -5.52. The Morgan fingerprint density at radius 3 is 2.04 bits per heavy atom. The fourth-order valence-corrected chi connectivity index (χ4v) is 4.44. The quantitative estimate of drug-likeness (QED) is 0.113. The second-order valence-electron chi connectivity index (χ2n) is 9.68. The molecule has 0 saturated heterocycles. The van der Waals surface area contributed by atoms with Gasteiger partial charge in [-0.05, 0) is 35.9 Å². The van der Waals surface area contributed by atoms with Crippen molar-refractivity contribution in [3.63, 3.8) is 0 Å². The number of carbonyl (C=O) groups is 3. The molecule has 0 bridgehead atoms. The summed E-state index contributed by atoms with van der Waals surface area (Å²) < 4.78 is 45.3. The molecule has 0 spiro atoms. The fraction of sp³-hybridized carbons (Fsp3) is 0.273. The van der Waals surface area contributed by atoms with Crippen LogP contribution in [0.5, 0.6) is 28.7 Å². The van der Waals surface area contributed by atoms with E-state index in [9.17, 15) is 19.2 Å². The largest absolute Gasteiger partial charge is 0.493 e. The molecule has 0 aliphatic heterocycles. The van der Waals surface area contributed by atoms with Gasteiger partial charge in [-0.3, -0.25) is 14.4 Å². The molecule has 0 unspecified atom stereocenters. The number of rotatable bonds is 13. The Labute approximate surface area is 258 Å². The van der Waals surface area contributed by atoms with Gasteiger partial charge in [-0.2, -0.15) is 0 Å². The minimum Gasteiger partial charge on any atom is -0.493 e. The summed E-state index contributed by atoms with van der Waals surface area (Å²) in [6.07, 6.45) is -2.41. The zero-order chi connectivity index (χ0) is 32.5. The predicted molar refractivity (Wildman–Crippen MR) is 160 cm³/mol. The molecule has 45 heavy (non-hydrogen) atoms. The van der Waals surface area contributed by atoms with Gasteiger partial charge < -0.3 is 37.6 Å². The minimum absolute atomic E-state index is 0.0106. The molecule has 0 N–H and O–H groups in total. The van der Waals surface area contributed by atoms with Gasteiger partial charge in [0.2, 0.25) is 11.5 Å². The first-order valence-corrected chi connectivity index (χ1v) is 13.7. The van der Waals surface area contributed by atoms with E-state index in [0.717, 1.165) is 5.56 Å². The maximum Gasteiger partial charge on any atom is 0.336 e. The van der Waals surface area contributed by atoms with E-state index in [0.29, 0.717) is 10.9 Å². The van der Waals surface area contributed by atoms with Crippen LogP contribution in [0.3, 0.4) is 0 Å². The highest BCUT2D eigenvalue weighted by molar-refractivity contribution is 5.85. The summed E-state index contributed by atoms with van der Waals surface area (Å²) in [4.78, 5) is 48.3. The SMILES string of the molecule is COc1cc([C@@H](OC(C)=O)[C@H](COC(C)=O)Oc2ccc3ccc(=O)oc3c2OCc2ccccc2)cc(OC)c1OC(C)=O. The third-order valence-electron chi connectivity index (χ3n) is 6.35. The van der Waals surface area contributed by atoms with E-state index in [1.165, 1.54) is 53.2 Å². The van der Waals surface area contributed by atoms with Crippen LogP contribution in [0.25, 0.3) is 11.0 Å². The van der Waals surface area contributed by atoms with Gasteiger partial charge in [-0.15, -0.1) is 0 Å². The van der Waals surface area contributed by atoms with Gasteiger partial charge in [0, 0.05) is 37.8 Å². The lowest BCUT2D eigenvalue weighted by molar-refractivity contribution is -0.157. The first-order chi connectivity index (χ1) is 21.6. The van der Waals surface area contributed by atoms with E-state index in [4.69, 9.17) is 37.6 Å². The summed E-state index contributed by atoms with van der Waals surface area (Å²) in [7, 11) is 2.72. The summed E-state index contributed by atoms with van der Waals surface area (Å²) in [5.41, 5.74) is 0.650. The van der Waals surface area contributed by atoms with E-state index in [2.05, 4.69) is 0 Å². The summed E-state index contributed by atoms with van der Waals surface area (Å²) in [6, 6.07) is 18.4. The second kappa shape index (κ2) is 14.8. The van der Waals surface area contributed by atoms with Crippen molar-refractivity contribution in [3.05, 3.63) is 88.3 Å². The van der Waals surface area contributed by atoms with Crippen LogP contribution in [0.15, 0.2) is 75.9 Å². The normalized spacial score (nSPS) is 12.0. The molecule has 3 aromatic carbocycles. The Kier molecular flexibility index (Phi) is 10.6. The van der Waals surface area contributed by atoms with Gasteiger partial charge in [0.1, 0.15) is 13.2 Å². The average molecular weight is 621 g/mol. The lowest BCUT2D eigenvalue weighted by atomic mass is 10.0. The van der Waals surface area contributed by atoms with Gasteiger partial charge in [0.05, 0.1) is 14.2 Å². The number of hydrogen-bond donors (Lipinski definition) is 0. The van der Waals surface area contributed by atoms with Crippen molar-refractivity contribution in [3.8, 4) is 28.7 Å². The number of carbonyl (C=O) groups excluding carboxylic acids is 3. The Balaban J connectivity index is 1.84. The van der Waals surface area contributed by atoms with Crippen molar-refractivity contribution in [1.29, 1.82) is 0 Å². The molecule has 0 radical (unpaired) electrons. The van der Waals surface area contributed by atoms with Crippen LogP contribution in [-0.4, -0.2) is 44.8 Å². The molecule has 2 atom stereocenters. The minimum atomic E-state index is -1.23. The number of ether oxygens (including phenoxy) is 7. The molecule has 12 heteroatoms. The fourth-order valence-electron chi connectivity index (χ4n) is 4.44. The number of benzene rings is 3. The first-order valence-electron chi connectivity index (χ1n) is 13.7. The van der Waals surface area contributed by atoms with Crippen molar-refractivity contribution >= 4 is 28.9 Å². The molecule has 236 valence electrons. The van der Waals surface area contributed by atoms with Crippen molar-refractivity contribution < 1.29 is 52.0 Å². The molecule has 0 amide bonds. The number of fused-ring (bicyclic) bond motifs is 1. The summed E-state index contributed by atoms with van der Waals surface area (Å²) in [5, 5.41) is 0.564. The summed E-state index contributed by atoms with van der Waals surface area (Å²) >= 11 is 0. The standard InChI is InChI=1S/C33H32O12/c1-19(34)40-18-28(30(42-20(2)35)24-15-26(38-4)32(43-21(3)36)27(16-24)39-5)44-25-13-11-23-12-14-29(37)45-31(23)33(25)41-17-22-9-7-6-8-10-22/h6-16,28,30H,17-18H2,1-5H3/t28-,30+/m0/s1. The molecule has 1 heterocycles. The summed E-state index contributed by atoms with van der Waals surface area (Å²) in [5.74, 6) is -1.49. The van der Waals surface area contributed by atoms with Gasteiger partial charge in [0.25, 0.3) is 0 Å².